The standard InChI is InChI=1S/C14H12F2IN5S2.C4H10/c1-23-3-2-18-13-11(16)6-19-12(21-13)10-7-22(24-17)14-9(10)4-8(15)5-20-14;1-4(2)3/h4-7H,2-3H2,1H3,(H,18,19,21);4H,1-3H3. The van der Waals surface area contributed by atoms with Gasteiger partial charge >= 0.3 is 0 Å². The van der Waals surface area contributed by atoms with Gasteiger partial charge in [0.15, 0.2) is 23.1 Å². The molecule has 0 spiro atoms. The molecule has 0 radical (unpaired) electrons. The van der Waals surface area contributed by atoms with Crippen LogP contribution in [-0.4, -0.2) is 37.5 Å². The van der Waals surface area contributed by atoms with E-state index in [0.29, 0.717) is 29.0 Å². The SMILES string of the molecule is CC(C)C.CSCCNc1nc(-c2cn(SI)c3ncc(F)cc23)ncc1F. The fraction of sp³-hybridized carbons (Fsp3) is 0.389. The Bertz CT molecular complexity index is 918. The molecule has 152 valence electrons. The molecule has 0 aliphatic carbocycles. The number of rotatable bonds is 6. The Morgan fingerprint density at radius 3 is 2.57 bits per heavy atom. The quantitative estimate of drug-likeness (QED) is 0.305. The van der Waals surface area contributed by atoms with Gasteiger partial charge in [-0.15, -0.1) is 0 Å². The van der Waals surface area contributed by atoms with Crippen molar-refractivity contribution in [3.05, 3.63) is 36.3 Å². The molecule has 0 atom stereocenters. The molecule has 0 aromatic carbocycles. The summed E-state index contributed by atoms with van der Waals surface area (Å²) in [5.74, 6) is 1.17. The van der Waals surface area contributed by atoms with Gasteiger partial charge in [0.2, 0.25) is 0 Å². The number of thioether (sulfide) groups is 1. The van der Waals surface area contributed by atoms with Crippen LogP contribution in [0.4, 0.5) is 14.6 Å². The molecule has 0 unspecified atom stereocenters. The second kappa shape index (κ2) is 11.1. The summed E-state index contributed by atoms with van der Waals surface area (Å²) < 4.78 is 29.3. The molecule has 1 N–H and O–H groups in total. The zero-order valence-electron chi connectivity index (χ0n) is 16.0. The van der Waals surface area contributed by atoms with Gasteiger partial charge in [0, 0.05) is 59.8 Å². The van der Waals surface area contributed by atoms with Crippen LogP contribution in [0.3, 0.4) is 0 Å². The van der Waals surface area contributed by atoms with Gasteiger partial charge in [0.25, 0.3) is 0 Å². The molecule has 0 fully saturated rings. The van der Waals surface area contributed by atoms with E-state index in [1.165, 1.54) is 15.2 Å². The van der Waals surface area contributed by atoms with E-state index in [1.807, 2.05) is 6.26 Å². The predicted octanol–water partition coefficient (Wildman–Crippen LogP) is 6.06. The molecule has 0 aliphatic heterocycles. The van der Waals surface area contributed by atoms with E-state index in [9.17, 15) is 8.78 Å². The van der Waals surface area contributed by atoms with Gasteiger partial charge in [0.1, 0.15) is 5.82 Å². The summed E-state index contributed by atoms with van der Waals surface area (Å²) in [5.41, 5.74) is 1.21. The van der Waals surface area contributed by atoms with Gasteiger partial charge in [0.05, 0.1) is 12.4 Å². The van der Waals surface area contributed by atoms with E-state index in [-0.39, 0.29) is 5.82 Å². The fourth-order valence-electron chi connectivity index (χ4n) is 2.18. The van der Waals surface area contributed by atoms with Crippen molar-refractivity contribution in [3.63, 3.8) is 0 Å². The highest BCUT2D eigenvalue weighted by molar-refractivity contribution is 14.2. The van der Waals surface area contributed by atoms with Crippen LogP contribution < -0.4 is 5.32 Å². The van der Waals surface area contributed by atoms with E-state index in [2.05, 4.69) is 62.2 Å². The first-order valence-corrected chi connectivity index (χ1v) is 13.3. The highest BCUT2D eigenvalue weighted by atomic mass is 127. The van der Waals surface area contributed by atoms with Crippen LogP contribution >= 0.6 is 42.1 Å². The number of pyridine rings is 1. The third-order valence-electron chi connectivity index (χ3n) is 3.24. The minimum atomic E-state index is -0.517. The largest absolute Gasteiger partial charge is 0.367 e. The second-order valence-corrected chi connectivity index (χ2v) is 9.20. The van der Waals surface area contributed by atoms with Gasteiger partial charge < -0.3 is 5.32 Å². The Hall–Kier alpha value is -1.14. The Morgan fingerprint density at radius 1 is 1.21 bits per heavy atom. The molecule has 28 heavy (non-hydrogen) atoms. The lowest BCUT2D eigenvalue weighted by atomic mass is 10.2. The second-order valence-electron chi connectivity index (χ2n) is 6.50. The lowest BCUT2D eigenvalue weighted by Gasteiger charge is -2.07. The van der Waals surface area contributed by atoms with E-state index < -0.39 is 11.6 Å². The van der Waals surface area contributed by atoms with Gasteiger partial charge in [-0.2, -0.15) is 11.8 Å². The van der Waals surface area contributed by atoms with E-state index in [4.69, 9.17) is 0 Å². The summed E-state index contributed by atoms with van der Waals surface area (Å²) in [4.78, 5) is 12.4. The summed E-state index contributed by atoms with van der Waals surface area (Å²) >= 11 is 3.76. The Morgan fingerprint density at radius 2 is 1.93 bits per heavy atom. The number of hydrogen-bond acceptors (Lipinski definition) is 6. The predicted molar refractivity (Wildman–Crippen MR) is 125 cm³/mol. The molecule has 0 saturated carbocycles. The molecule has 10 heteroatoms. The topological polar surface area (TPSA) is 55.6 Å². The molecule has 0 saturated heterocycles. The monoisotopic (exact) mass is 537 g/mol. The molecule has 3 aromatic heterocycles. The first-order chi connectivity index (χ1) is 13.4. The van der Waals surface area contributed by atoms with Crippen LogP contribution in [0.1, 0.15) is 20.8 Å². The highest BCUT2D eigenvalue weighted by Gasteiger charge is 2.16. The van der Waals surface area contributed by atoms with Crippen molar-refractivity contribution >= 4 is 58.9 Å². The number of nitrogens with one attached hydrogen (secondary N) is 1. The summed E-state index contributed by atoms with van der Waals surface area (Å²) in [6, 6.07) is 1.38. The molecule has 0 amide bonds. The van der Waals surface area contributed by atoms with Crippen molar-refractivity contribution in [1.82, 2.24) is 18.9 Å². The summed E-state index contributed by atoms with van der Waals surface area (Å²) in [6.07, 6.45) is 6.03. The van der Waals surface area contributed by atoms with E-state index in [0.717, 1.165) is 24.1 Å². The summed E-state index contributed by atoms with van der Waals surface area (Å²) in [6.45, 7) is 7.09. The van der Waals surface area contributed by atoms with Crippen LogP contribution in [0.5, 0.6) is 0 Å². The van der Waals surface area contributed by atoms with Crippen molar-refractivity contribution in [2.45, 2.75) is 20.8 Å². The maximum atomic E-state index is 13.9. The van der Waals surface area contributed by atoms with Gasteiger partial charge in [-0.05, 0) is 18.2 Å². The van der Waals surface area contributed by atoms with Crippen molar-refractivity contribution < 1.29 is 8.78 Å². The van der Waals surface area contributed by atoms with Crippen LogP contribution in [0, 0.1) is 17.6 Å². The first kappa shape index (κ1) is 23.1. The number of halogens is 3. The number of nitrogens with zero attached hydrogens (tertiary/aromatic N) is 4. The van der Waals surface area contributed by atoms with Crippen LogP contribution in [0.2, 0.25) is 0 Å². The molecule has 3 aromatic rings. The van der Waals surface area contributed by atoms with Gasteiger partial charge in [-0.25, -0.2) is 23.7 Å². The number of aromatic nitrogens is 4. The maximum absolute atomic E-state index is 13.9. The van der Waals surface area contributed by atoms with Gasteiger partial charge in [-0.3, -0.25) is 3.97 Å². The van der Waals surface area contributed by atoms with Crippen molar-refractivity contribution in [1.29, 1.82) is 0 Å². The average Bonchev–Trinajstić information content (AvgIpc) is 3.01. The number of hydrogen-bond donors (Lipinski definition) is 1. The molecule has 5 nitrogen and oxygen atoms in total. The normalized spacial score (nSPS) is 10.9. The van der Waals surface area contributed by atoms with Gasteiger partial charge in [-0.1, -0.05) is 20.8 Å². The van der Waals surface area contributed by atoms with Crippen LogP contribution in [0.15, 0.2) is 24.7 Å². The lowest BCUT2D eigenvalue weighted by Crippen LogP contribution is -2.08. The van der Waals surface area contributed by atoms with Crippen molar-refractivity contribution in [2.24, 2.45) is 5.92 Å². The molecular weight excluding hydrogens is 515 g/mol. The zero-order valence-corrected chi connectivity index (χ0v) is 19.8. The third-order valence-corrected chi connectivity index (χ3v) is 5.55. The Balaban J connectivity index is 0.000000640. The molecular formula is C18H22F2IN5S2. The van der Waals surface area contributed by atoms with Crippen LogP contribution in [-0.2, 0) is 0 Å². The molecule has 3 heterocycles. The van der Waals surface area contributed by atoms with Crippen molar-refractivity contribution in [2.75, 3.05) is 23.9 Å². The third kappa shape index (κ3) is 6.18. The fourth-order valence-corrected chi connectivity index (χ4v) is 3.74. The summed E-state index contributed by atoms with van der Waals surface area (Å²) in [5, 5.41) is 3.54. The molecule has 3 rings (SSSR count). The minimum absolute atomic E-state index is 0.140. The Kier molecular flexibility index (Phi) is 9.22. The molecule has 0 bridgehead atoms. The smallest absolute Gasteiger partial charge is 0.183 e. The number of fused-ring (bicyclic) bond motifs is 1. The summed E-state index contributed by atoms with van der Waals surface area (Å²) in [7, 11) is 1.40. The van der Waals surface area contributed by atoms with E-state index >= 15 is 0 Å². The average molecular weight is 537 g/mol. The number of anilines is 1. The van der Waals surface area contributed by atoms with Crippen molar-refractivity contribution in [3.8, 4) is 11.4 Å². The first-order valence-electron chi connectivity index (χ1n) is 8.58. The zero-order chi connectivity index (χ0) is 20.7. The van der Waals surface area contributed by atoms with Crippen LogP contribution in [0.25, 0.3) is 22.4 Å². The lowest BCUT2D eigenvalue weighted by molar-refractivity contribution is 0.618. The maximum Gasteiger partial charge on any atom is 0.183 e. The Labute approximate surface area is 184 Å². The minimum Gasteiger partial charge on any atom is -0.367 e. The van der Waals surface area contributed by atoms with E-state index in [1.54, 1.807) is 21.9 Å². The highest BCUT2D eigenvalue weighted by Crippen LogP contribution is 2.33. The molecule has 0 aliphatic rings.